The Hall–Kier alpha value is -1.88. The highest BCUT2D eigenvalue weighted by Gasteiger charge is 2.28. The number of aromatic nitrogens is 1. The molecular formula is C17H17BrN2O2. The van der Waals surface area contributed by atoms with E-state index in [0.717, 1.165) is 16.5 Å². The van der Waals surface area contributed by atoms with E-state index in [1.807, 2.05) is 48.2 Å². The number of benzene rings is 1. The number of halogens is 1. The third-order valence-electron chi connectivity index (χ3n) is 3.68. The highest BCUT2D eigenvalue weighted by molar-refractivity contribution is 9.10. The molecule has 5 heteroatoms. The van der Waals surface area contributed by atoms with Gasteiger partial charge in [-0.25, -0.2) is 4.98 Å². The highest BCUT2D eigenvalue weighted by atomic mass is 79.9. The van der Waals surface area contributed by atoms with Crippen molar-refractivity contribution in [1.29, 1.82) is 0 Å². The van der Waals surface area contributed by atoms with Gasteiger partial charge in [-0.1, -0.05) is 28.1 Å². The maximum atomic E-state index is 12.5. The van der Waals surface area contributed by atoms with Crippen LogP contribution in [0.4, 0.5) is 0 Å². The zero-order valence-electron chi connectivity index (χ0n) is 12.3. The molecule has 0 saturated carbocycles. The number of rotatable bonds is 3. The van der Waals surface area contributed by atoms with Crippen molar-refractivity contribution in [3.63, 3.8) is 0 Å². The third-order valence-corrected chi connectivity index (χ3v) is 4.17. The Balaban J connectivity index is 1.62. The van der Waals surface area contributed by atoms with E-state index in [2.05, 4.69) is 20.9 Å². The van der Waals surface area contributed by atoms with E-state index in [-0.39, 0.29) is 12.0 Å². The van der Waals surface area contributed by atoms with Crippen LogP contribution < -0.4 is 4.74 Å². The molecule has 2 aromatic rings. The molecule has 1 aromatic heterocycles. The fourth-order valence-electron chi connectivity index (χ4n) is 2.51. The van der Waals surface area contributed by atoms with Crippen molar-refractivity contribution in [2.24, 2.45) is 0 Å². The Kier molecular flexibility index (Phi) is 4.43. The molecule has 1 aliphatic heterocycles. The lowest BCUT2D eigenvalue weighted by molar-refractivity contribution is 0.0771. The molecule has 1 unspecified atom stereocenters. The number of amides is 1. The van der Waals surface area contributed by atoms with E-state index in [0.29, 0.717) is 24.5 Å². The minimum atomic E-state index is 0.00584. The summed E-state index contributed by atoms with van der Waals surface area (Å²) in [4.78, 5) is 18.6. The monoisotopic (exact) mass is 360 g/mol. The van der Waals surface area contributed by atoms with Gasteiger partial charge in [0.05, 0.1) is 6.54 Å². The van der Waals surface area contributed by atoms with Crippen molar-refractivity contribution in [2.45, 2.75) is 19.4 Å². The van der Waals surface area contributed by atoms with E-state index in [9.17, 15) is 4.79 Å². The van der Waals surface area contributed by atoms with Crippen LogP contribution in [0.3, 0.4) is 0 Å². The number of likely N-dealkylation sites (tertiary alicyclic amines) is 1. The minimum Gasteiger partial charge on any atom is -0.472 e. The molecule has 0 N–H and O–H groups in total. The van der Waals surface area contributed by atoms with Gasteiger partial charge >= 0.3 is 0 Å². The van der Waals surface area contributed by atoms with Crippen LogP contribution in [0.2, 0.25) is 0 Å². The number of hydrogen-bond acceptors (Lipinski definition) is 3. The molecule has 114 valence electrons. The maximum Gasteiger partial charge on any atom is 0.254 e. The largest absolute Gasteiger partial charge is 0.472 e. The lowest BCUT2D eigenvalue weighted by Crippen LogP contribution is -2.31. The first-order valence-electron chi connectivity index (χ1n) is 7.26. The summed E-state index contributed by atoms with van der Waals surface area (Å²) >= 11 is 3.40. The summed E-state index contributed by atoms with van der Waals surface area (Å²) in [5.74, 6) is 0.664. The van der Waals surface area contributed by atoms with Gasteiger partial charge in [-0.15, -0.1) is 0 Å². The van der Waals surface area contributed by atoms with Gasteiger partial charge < -0.3 is 9.64 Å². The zero-order chi connectivity index (χ0) is 15.5. The average Bonchev–Trinajstić information content (AvgIpc) is 2.97. The molecule has 2 heterocycles. The highest BCUT2D eigenvalue weighted by Crippen LogP contribution is 2.20. The first-order valence-corrected chi connectivity index (χ1v) is 8.05. The summed E-state index contributed by atoms with van der Waals surface area (Å²) in [6.45, 7) is 3.30. The standard InChI is InChI=1S/C17H17BrN2O2/c1-12-5-6-16(19-10-12)22-15-7-8-20(11-15)17(21)13-3-2-4-14(18)9-13/h2-6,9-10,15H,7-8,11H2,1H3. The molecule has 0 spiro atoms. The molecule has 22 heavy (non-hydrogen) atoms. The smallest absolute Gasteiger partial charge is 0.254 e. The summed E-state index contributed by atoms with van der Waals surface area (Å²) in [5, 5.41) is 0. The first-order chi connectivity index (χ1) is 10.6. The summed E-state index contributed by atoms with van der Waals surface area (Å²) in [6, 6.07) is 11.3. The summed E-state index contributed by atoms with van der Waals surface area (Å²) in [5.41, 5.74) is 1.80. The number of carbonyl (C=O) groups is 1. The number of carbonyl (C=O) groups excluding carboxylic acids is 1. The molecule has 1 fully saturated rings. The predicted molar refractivity (Wildman–Crippen MR) is 88.1 cm³/mol. The van der Waals surface area contributed by atoms with Crippen molar-refractivity contribution < 1.29 is 9.53 Å². The van der Waals surface area contributed by atoms with E-state index < -0.39 is 0 Å². The van der Waals surface area contributed by atoms with Crippen molar-refractivity contribution in [3.8, 4) is 5.88 Å². The van der Waals surface area contributed by atoms with Crippen LogP contribution in [0.25, 0.3) is 0 Å². The van der Waals surface area contributed by atoms with Crippen LogP contribution in [0, 0.1) is 6.92 Å². The molecule has 0 aliphatic carbocycles. The Morgan fingerprint density at radius 2 is 2.23 bits per heavy atom. The van der Waals surface area contributed by atoms with Gasteiger partial charge in [-0.3, -0.25) is 4.79 Å². The second kappa shape index (κ2) is 6.48. The van der Waals surface area contributed by atoms with E-state index in [1.54, 1.807) is 6.20 Å². The molecule has 1 amide bonds. The molecule has 0 radical (unpaired) electrons. The van der Waals surface area contributed by atoms with Gasteiger partial charge in [-0.2, -0.15) is 0 Å². The molecule has 1 saturated heterocycles. The topological polar surface area (TPSA) is 42.4 Å². The van der Waals surface area contributed by atoms with Gasteiger partial charge in [-0.05, 0) is 30.7 Å². The van der Waals surface area contributed by atoms with Gasteiger partial charge in [0.25, 0.3) is 5.91 Å². The quantitative estimate of drug-likeness (QED) is 0.841. The average molecular weight is 361 g/mol. The Morgan fingerprint density at radius 1 is 1.36 bits per heavy atom. The van der Waals surface area contributed by atoms with Crippen LogP contribution in [0.1, 0.15) is 22.3 Å². The molecule has 1 atom stereocenters. The third kappa shape index (κ3) is 3.47. The Labute approximate surface area is 138 Å². The van der Waals surface area contributed by atoms with Gasteiger partial charge in [0.2, 0.25) is 5.88 Å². The fraction of sp³-hybridized carbons (Fsp3) is 0.294. The minimum absolute atomic E-state index is 0.00584. The molecule has 3 rings (SSSR count). The van der Waals surface area contributed by atoms with E-state index in [4.69, 9.17) is 4.74 Å². The lowest BCUT2D eigenvalue weighted by Gasteiger charge is -2.17. The molecule has 1 aromatic carbocycles. The van der Waals surface area contributed by atoms with Crippen LogP contribution in [0.15, 0.2) is 47.1 Å². The van der Waals surface area contributed by atoms with Gasteiger partial charge in [0, 0.05) is 35.3 Å². The normalized spacial score (nSPS) is 17.5. The zero-order valence-corrected chi connectivity index (χ0v) is 13.9. The maximum absolute atomic E-state index is 12.5. The predicted octanol–water partition coefficient (Wildman–Crippen LogP) is 3.45. The molecule has 0 bridgehead atoms. The van der Waals surface area contributed by atoms with Crippen LogP contribution in [0.5, 0.6) is 5.88 Å². The molecule has 4 nitrogen and oxygen atoms in total. The summed E-state index contributed by atoms with van der Waals surface area (Å²) in [7, 11) is 0. The van der Waals surface area contributed by atoms with Crippen LogP contribution >= 0.6 is 15.9 Å². The lowest BCUT2D eigenvalue weighted by atomic mass is 10.2. The molecular weight excluding hydrogens is 344 g/mol. The number of pyridine rings is 1. The second-order valence-electron chi connectivity index (χ2n) is 5.46. The number of ether oxygens (including phenoxy) is 1. The summed E-state index contributed by atoms with van der Waals surface area (Å²) < 4.78 is 6.77. The second-order valence-corrected chi connectivity index (χ2v) is 6.38. The first kappa shape index (κ1) is 15.0. The fourth-order valence-corrected chi connectivity index (χ4v) is 2.91. The van der Waals surface area contributed by atoms with Crippen molar-refractivity contribution in [2.75, 3.05) is 13.1 Å². The van der Waals surface area contributed by atoms with E-state index in [1.165, 1.54) is 0 Å². The van der Waals surface area contributed by atoms with Crippen LogP contribution in [-0.2, 0) is 0 Å². The summed E-state index contributed by atoms with van der Waals surface area (Å²) in [6.07, 6.45) is 2.62. The Bertz CT molecular complexity index is 673. The van der Waals surface area contributed by atoms with E-state index >= 15 is 0 Å². The Morgan fingerprint density at radius 3 is 2.95 bits per heavy atom. The SMILES string of the molecule is Cc1ccc(OC2CCN(C(=O)c3cccc(Br)c3)C2)nc1. The van der Waals surface area contributed by atoms with Crippen molar-refractivity contribution in [3.05, 3.63) is 58.2 Å². The van der Waals surface area contributed by atoms with Crippen LogP contribution in [-0.4, -0.2) is 35.0 Å². The number of aryl methyl sites for hydroxylation is 1. The van der Waals surface area contributed by atoms with Crippen molar-refractivity contribution in [1.82, 2.24) is 9.88 Å². The van der Waals surface area contributed by atoms with Crippen molar-refractivity contribution >= 4 is 21.8 Å². The van der Waals surface area contributed by atoms with Gasteiger partial charge in [0.15, 0.2) is 0 Å². The molecule has 1 aliphatic rings. The van der Waals surface area contributed by atoms with Gasteiger partial charge in [0.1, 0.15) is 6.10 Å². The number of nitrogens with zero attached hydrogens (tertiary/aromatic N) is 2. The number of hydrogen-bond donors (Lipinski definition) is 0.